The Balaban J connectivity index is 1.59. The number of amides is 4. The van der Waals surface area contributed by atoms with Crippen molar-refractivity contribution in [1.82, 2.24) is 15.5 Å². The molecule has 6 heteroatoms. The van der Waals surface area contributed by atoms with Gasteiger partial charge in [-0.15, -0.1) is 0 Å². The molecule has 4 amide bonds. The summed E-state index contributed by atoms with van der Waals surface area (Å²) in [6.07, 6.45) is 6.50. The highest BCUT2D eigenvalue weighted by molar-refractivity contribution is 6.09. The molecule has 2 saturated carbocycles. The summed E-state index contributed by atoms with van der Waals surface area (Å²) in [5, 5.41) is 5.92. The largest absolute Gasteiger partial charge is 0.352 e. The van der Waals surface area contributed by atoms with Crippen LogP contribution in [-0.4, -0.2) is 40.9 Å². The van der Waals surface area contributed by atoms with Crippen molar-refractivity contribution in [2.75, 3.05) is 6.54 Å². The summed E-state index contributed by atoms with van der Waals surface area (Å²) in [4.78, 5) is 38.7. The van der Waals surface area contributed by atoms with Crippen LogP contribution in [0.1, 0.15) is 65.7 Å². The molecule has 0 aromatic heterocycles. The average molecular weight is 349 g/mol. The van der Waals surface area contributed by atoms with Crippen LogP contribution in [0.4, 0.5) is 4.79 Å². The van der Waals surface area contributed by atoms with Gasteiger partial charge in [-0.1, -0.05) is 33.6 Å². The van der Waals surface area contributed by atoms with Gasteiger partial charge < -0.3 is 10.6 Å². The summed E-state index contributed by atoms with van der Waals surface area (Å²) in [6, 6.07) is -0.277. The maximum Gasteiger partial charge on any atom is 0.325 e. The number of carbonyl (C=O) groups is 3. The molecule has 3 fully saturated rings. The minimum Gasteiger partial charge on any atom is -0.352 e. The number of nitrogens with one attached hydrogen (secondary N) is 2. The molecular formula is C19H31N3O3. The number of rotatable bonds is 3. The molecule has 25 heavy (non-hydrogen) atoms. The zero-order valence-corrected chi connectivity index (χ0v) is 15.6. The Morgan fingerprint density at radius 3 is 2.52 bits per heavy atom. The first-order valence-corrected chi connectivity index (χ1v) is 9.76. The highest BCUT2D eigenvalue weighted by atomic mass is 16.2. The first kappa shape index (κ1) is 18.2. The minimum absolute atomic E-state index is 0.140. The van der Waals surface area contributed by atoms with E-state index in [1.165, 1.54) is 6.42 Å². The van der Waals surface area contributed by atoms with E-state index in [0.717, 1.165) is 30.6 Å². The fraction of sp³-hybridized carbons (Fsp3) is 0.842. The molecule has 2 N–H and O–H groups in total. The Kier molecular flexibility index (Phi) is 5.07. The van der Waals surface area contributed by atoms with Gasteiger partial charge in [0.1, 0.15) is 12.1 Å². The molecule has 140 valence electrons. The molecule has 2 aliphatic carbocycles. The number of hydrogen-bond donors (Lipinski definition) is 2. The topological polar surface area (TPSA) is 78.5 Å². The highest BCUT2D eigenvalue weighted by Crippen LogP contribution is 2.36. The van der Waals surface area contributed by atoms with Gasteiger partial charge in [-0.3, -0.25) is 14.5 Å². The second-order valence-electron chi connectivity index (χ2n) is 8.53. The zero-order chi connectivity index (χ0) is 18.2. The van der Waals surface area contributed by atoms with Crippen LogP contribution in [0.3, 0.4) is 0 Å². The lowest BCUT2D eigenvalue weighted by Crippen LogP contribution is -2.51. The number of hydrogen-bond acceptors (Lipinski definition) is 3. The third-order valence-electron chi connectivity index (χ3n) is 6.73. The fourth-order valence-electron chi connectivity index (χ4n) is 4.60. The summed E-state index contributed by atoms with van der Waals surface area (Å²) in [7, 11) is 0. The van der Waals surface area contributed by atoms with E-state index in [1.807, 2.05) is 0 Å². The number of imide groups is 1. The monoisotopic (exact) mass is 349 g/mol. The Labute approximate surface area is 150 Å². The molecule has 3 aliphatic rings. The van der Waals surface area contributed by atoms with Gasteiger partial charge in [0.2, 0.25) is 5.91 Å². The maximum atomic E-state index is 12.8. The molecule has 6 nitrogen and oxygen atoms in total. The van der Waals surface area contributed by atoms with Gasteiger partial charge in [-0.25, -0.2) is 4.79 Å². The smallest absolute Gasteiger partial charge is 0.325 e. The van der Waals surface area contributed by atoms with E-state index in [0.29, 0.717) is 30.6 Å². The molecule has 3 rings (SSSR count). The summed E-state index contributed by atoms with van der Waals surface area (Å²) < 4.78 is 0. The number of nitrogens with zero attached hydrogens (tertiary/aromatic N) is 1. The van der Waals surface area contributed by atoms with E-state index in [-0.39, 0.29) is 24.4 Å². The van der Waals surface area contributed by atoms with Crippen molar-refractivity contribution in [2.45, 2.75) is 77.3 Å². The third kappa shape index (κ3) is 3.53. The van der Waals surface area contributed by atoms with Gasteiger partial charge in [-0.2, -0.15) is 0 Å². The van der Waals surface area contributed by atoms with E-state index in [2.05, 4.69) is 31.4 Å². The molecule has 1 saturated heterocycles. The second-order valence-corrected chi connectivity index (χ2v) is 8.53. The van der Waals surface area contributed by atoms with Crippen molar-refractivity contribution in [3.63, 3.8) is 0 Å². The maximum absolute atomic E-state index is 12.8. The van der Waals surface area contributed by atoms with Crippen LogP contribution in [-0.2, 0) is 9.59 Å². The van der Waals surface area contributed by atoms with Gasteiger partial charge in [0.15, 0.2) is 0 Å². The molecule has 0 aromatic carbocycles. The molecular weight excluding hydrogens is 318 g/mol. The number of carbonyl (C=O) groups excluding carboxylic acids is 3. The van der Waals surface area contributed by atoms with Crippen LogP contribution >= 0.6 is 0 Å². The normalized spacial score (nSPS) is 38.8. The molecule has 1 heterocycles. The first-order valence-electron chi connectivity index (χ1n) is 9.76. The molecule has 1 aliphatic heterocycles. The molecule has 3 unspecified atom stereocenters. The van der Waals surface area contributed by atoms with Gasteiger partial charge in [0.25, 0.3) is 5.91 Å². The van der Waals surface area contributed by atoms with Gasteiger partial charge in [0.05, 0.1) is 0 Å². The lowest BCUT2D eigenvalue weighted by atomic mass is 9.77. The molecule has 0 bridgehead atoms. The van der Waals surface area contributed by atoms with Crippen molar-refractivity contribution in [3.8, 4) is 0 Å². The quantitative estimate of drug-likeness (QED) is 0.768. The van der Waals surface area contributed by atoms with Crippen LogP contribution in [0, 0.1) is 17.8 Å². The molecule has 0 aromatic rings. The molecule has 0 radical (unpaired) electrons. The van der Waals surface area contributed by atoms with E-state index in [9.17, 15) is 14.4 Å². The predicted molar refractivity (Wildman–Crippen MR) is 94.7 cm³/mol. The molecule has 1 spiro atoms. The Morgan fingerprint density at radius 2 is 1.84 bits per heavy atom. The SMILES string of the molecule is CC1CCC2(CC1)NC(=O)N(CC(=O)NC1CCCC(C)C1C)C2=O. The third-order valence-corrected chi connectivity index (χ3v) is 6.73. The zero-order valence-electron chi connectivity index (χ0n) is 15.6. The van der Waals surface area contributed by atoms with Crippen LogP contribution in [0.25, 0.3) is 0 Å². The Bertz CT molecular complexity index is 554. The van der Waals surface area contributed by atoms with E-state index >= 15 is 0 Å². The van der Waals surface area contributed by atoms with E-state index < -0.39 is 11.6 Å². The van der Waals surface area contributed by atoms with Gasteiger partial charge in [-0.05, 0) is 49.9 Å². The minimum atomic E-state index is -0.767. The summed E-state index contributed by atoms with van der Waals surface area (Å²) in [5.74, 6) is 1.15. The lowest BCUT2D eigenvalue weighted by Gasteiger charge is -2.35. The molecule has 3 atom stereocenters. The predicted octanol–water partition coefficient (Wildman–Crippen LogP) is 2.43. The standard InChI is InChI=1S/C19H31N3O3/c1-12-7-9-19(10-8-12)17(24)22(18(25)21-19)11-16(23)20-15-6-4-5-13(2)14(15)3/h12-15H,4-11H2,1-3H3,(H,20,23)(H,21,25). The van der Waals surface area contributed by atoms with Crippen molar-refractivity contribution < 1.29 is 14.4 Å². The van der Waals surface area contributed by atoms with Gasteiger partial charge in [0, 0.05) is 6.04 Å². The summed E-state index contributed by atoms with van der Waals surface area (Å²) >= 11 is 0. The summed E-state index contributed by atoms with van der Waals surface area (Å²) in [6.45, 7) is 6.39. The Morgan fingerprint density at radius 1 is 1.16 bits per heavy atom. The van der Waals surface area contributed by atoms with Crippen LogP contribution < -0.4 is 10.6 Å². The van der Waals surface area contributed by atoms with E-state index in [4.69, 9.17) is 0 Å². The van der Waals surface area contributed by atoms with Gasteiger partial charge >= 0.3 is 6.03 Å². The first-order chi connectivity index (χ1) is 11.8. The van der Waals surface area contributed by atoms with Crippen molar-refractivity contribution in [3.05, 3.63) is 0 Å². The van der Waals surface area contributed by atoms with Crippen molar-refractivity contribution in [2.24, 2.45) is 17.8 Å². The lowest BCUT2D eigenvalue weighted by molar-refractivity contribution is -0.136. The number of urea groups is 1. The van der Waals surface area contributed by atoms with E-state index in [1.54, 1.807) is 0 Å². The van der Waals surface area contributed by atoms with Crippen LogP contribution in [0.15, 0.2) is 0 Å². The van der Waals surface area contributed by atoms with Crippen molar-refractivity contribution in [1.29, 1.82) is 0 Å². The fourth-order valence-corrected chi connectivity index (χ4v) is 4.60. The second kappa shape index (κ2) is 6.96. The highest BCUT2D eigenvalue weighted by Gasteiger charge is 2.52. The van der Waals surface area contributed by atoms with Crippen LogP contribution in [0.2, 0.25) is 0 Å². The van der Waals surface area contributed by atoms with Crippen LogP contribution in [0.5, 0.6) is 0 Å². The average Bonchev–Trinajstić information content (AvgIpc) is 2.79. The Hall–Kier alpha value is -1.59. The summed E-state index contributed by atoms with van der Waals surface area (Å²) in [5.41, 5.74) is -0.767. The van der Waals surface area contributed by atoms with Crippen molar-refractivity contribution >= 4 is 17.8 Å².